The number of rotatable bonds is 2. The van der Waals surface area contributed by atoms with Crippen molar-refractivity contribution < 1.29 is 10.2 Å². The monoisotopic (exact) mass is 318 g/mol. The van der Waals surface area contributed by atoms with Crippen LogP contribution in [-0.2, 0) is 6.54 Å². The Bertz CT molecular complexity index is 991. The molecule has 0 amide bonds. The number of aromatic nitrogens is 2. The highest BCUT2D eigenvalue weighted by Crippen LogP contribution is 2.22. The van der Waals surface area contributed by atoms with E-state index < -0.39 is 16.7 Å². The van der Waals surface area contributed by atoms with E-state index in [9.17, 15) is 19.8 Å². The first-order valence-electron chi connectivity index (χ1n) is 6.38. The maximum absolute atomic E-state index is 12.4. The molecule has 0 aliphatic heterocycles. The zero-order valence-electron chi connectivity index (χ0n) is 11.2. The second kappa shape index (κ2) is 5.23. The molecule has 7 heteroatoms. The molecular weight excluding hydrogens is 308 g/mol. The summed E-state index contributed by atoms with van der Waals surface area (Å²) in [7, 11) is 0. The first-order valence-corrected chi connectivity index (χ1v) is 6.76. The third kappa shape index (κ3) is 2.33. The van der Waals surface area contributed by atoms with E-state index in [0.29, 0.717) is 10.6 Å². The van der Waals surface area contributed by atoms with Gasteiger partial charge >= 0.3 is 0 Å². The van der Waals surface area contributed by atoms with Crippen molar-refractivity contribution in [2.24, 2.45) is 0 Å². The Balaban J connectivity index is 2.16. The summed E-state index contributed by atoms with van der Waals surface area (Å²) in [5.74, 6) is -0.629. The van der Waals surface area contributed by atoms with Crippen LogP contribution in [0.3, 0.4) is 0 Å². The molecule has 2 heterocycles. The number of benzene rings is 1. The zero-order valence-corrected chi connectivity index (χ0v) is 12.0. The third-order valence-corrected chi connectivity index (χ3v) is 3.60. The Morgan fingerprint density at radius 2 is 1.82 bits per heavy atom. The van der Waals surface area contributed by atoms with Crippen LogP contribution < -0.4 is 11.0 Å². The van der Waals surface area contributed by atoms with Crippen LogP contribution in [0.15, 0.2) is 52.4 Å². The van der Waals surface area contributed by atoms with Gasteiger partial charge < -0.3 is 19.2 Å². The topological polar surface area (TPSA) is 83.9 Å². The normalized spacial score (nSPS) is 11.0. The van der Waals surface area contributed by atoms with Gasteiger partial charge in [0.05, 0.1) is 6.54 Å². The second-order valence-electron chi connectivity index (χ2n) is 4.79. The van der Waals surface area contributed by atoms with Crippen LogP contribution in [0.5, 0.6) is 11.5 Å². The fourth-order valence-electron chi connectivity index (χ4n) is 2.21. The molecule has 0 atom stereocenters. The van der Waals surface area contributed by atoms with Crippen LogP contribution in [0.1, 0.15) is 5.56 Å². The maximum Gasteiger partial charge on any atom is 0.279 e. The summed E-state index contributed by atoms with van der Waals surface area (Å²) in [4.78, 5) is 23.9. The lowest BCUT2D eigenvalue weighted by Gasteiger charge is -2.10. The molecule has 0 aliphatic rings. The molecule has 3 aromatic rings. The van der Waals surface area contributed by atoms with Crippen molar-refractivity contribution >= 4 is 17.1 Å². The molecule has 0 bridgehead atoms. The number of nitrogens with zero attached hydrogens (tertiary/aromatic N) is 2. The summed E-state index contributed by atoms with van der Waals surface area (Å²) in [6.07, 6.45) is 4.46. The molecule has 112 valence electrons. The second-order valence-corrected chi connectivity index (χ2v) is 5.23. The summed E-state index contributed by atoms with van der Waals surface area (Å²) >= 11 is 5.77. The van der Waals surface area contributed by atoms with Crippen molar-refractivity contribution in [3.05, 3.63) is 74.0 Å². The minimum absolute atomic E-state index is 0.0334. The number of hydrogen-bond donors (Lipinski definition) is 2. The summed E-state index contributed by atoms with van der Waals surface area (Å²) in [6, 6.07) is 5.76. The molecule has 0 saturated carbocycles. The van der Waals surface area contributed by atoms with Crippen molar-refractivity contribution in [1.82, 2.24) is 8.97 Å². The molecule has 22 heavy (non-hydrogen) atoms. The number of hydrogen-bond acceptors (Lipinski definition) is 4. The molecular formula is C15H11ClN2O4. The van der Waals surface area contributed by atoms with Gasteiger partial charge in [-0.3, -0.25) is 9.59 Å². The first kappa shape index (κ1) is 14.2. The van der Waals surface area contributed by atoms with Gasteiger partial charge in [0, 0.05) is 35.2 Å². The molecule has 0 spiro atoms. The highest BCUT2D eigenvalue weighted by molar-refractivity contribution is 6.30. The zero-order chi connectivity index (χ0) is 15.9. The van der Waals surface area contributed by atoms with Gasteiger partial charge in [-0.05, 0) is 12.1 Å². The van der Waals surface area contributed by atoms with Crippen LogP contribution >= 0.6 is 11.6 Å². The van der Waals surface area contributed by atoms with Gasteiger partial charge in [-0.2, -0.15) is 0 Å². The van der Waals surface area contributed by atoms with Gasteiger partial charge in [-0.1, -0.05) is 17.7 Å². The minimum atomic E-state index is -0.621. The Labute approximate surface area is 129 Å². The van der Waals surface area contributed by atoms with Crippen LogP contribution in [0.4, 0.5) is 0 Å². The Hall–Kier alpha value is -2.73. The van der Waals surface area contributed by atoms with Crippen LogP contribution in [-0.4, -0.2) is 19.2 Å². The SMILES string of the molecule is O=c1ccn2ccn(Cc3ccc(Cl)cc3O)c(=O)c2c1O. The first-order chi connectivity index (χ1) is 10.5. The Morgan fingerprint density at radius 3 is 2.55 bits per heavy atom. The van der Waals surface area contributed by atoms with Gasteiger partial charge in [0.2, 0.25) is 5.43 Å². The Kier molecular flexibility index (Phi) is 3.38. The Morgan fingerprint density at radius 1 is 1.05 bits per heavy atom. The van der Waals surface area contributed by atoms with Crippen molar-refractivity contribution in [2.45, 2.75) is 6.54 Å². The van der Waals surface area contributed by atoms with E-state index in [-0.39, 0.29) is 17.8 Å². The summed E-state index contributed by atoms with van der Waals surface area (Å²) in [6.45, 7) is 0.0842. The number of halogens is 1. The van der Waals surface area contributed by atoms with E-state index in [0.717, 1.165) is 0 Å². The van der Waals surface area contributed by atoms with Crippen molar-refractivity contribution in [3.8, 4) is 11.5 Å². The van der Waals surface area contributed by atoms with Gasteiger partial charge in [0.1, 0.15) is 5.75 Å². The average Bonchev–Trinajstić information content (AvgIpc) is 2.48. The molecule has 0 aliphatic carbocycles. The van der Waals surface area contributed by atoms with Gasteiger partial charge in [0.25, 0.3) is 5.56 Å². The smallest absolute Gasteiger partial charge is 0.279 e. The van der Waals surface area contributed by atoms with Crippen molar-refractivity contribution in [1.29, 1.82) is 0 Å². The van der Waals surface area contributed by atoms with E-state index in [1.54, 1.807) is 18.3 Å². The maximum atomic E-state index is 12.4. The lowest BCUT2D eigenvalue weighted by Crippen LogP contribution is -2.24. The fourth-order valence-corrected chi connectivity index (χ4v) is 2.38. The number of aromatic hydroxyl groups is 2. The minimum Gasteiger partial charge on any atom is -0.508 e. The quantitative estimate of drug-likeness (QED) is 0.751. The van der Waals surface area contributed by atoms with E-state index >= 15 is 0 Å². The van der Waals surface area contributed by atoms with Crippen molar-refractivity contribution in [3.63, 3.8) is 0 Å². The van der Waals surface area contributed by atoms with Crippen LogP contribution in [0.2, 0.25) is 5.02 Å². The number of pyridine rings is 1. The summed E-state index contributed by atoms with van der Waals surface area (Å²) in [5, 5.41) is 20.0. The van der Waals surface area contributed by atoms with E-state index in [1.165, 1.54) is 33.5 Å². The standard InChI is InChI=1S/C15H11ClN2O4/c16-10-2-1-9(12(20)7-10)8-18-6-5-17-4-3-11(19)14(21)13(17)15(18)22/h1-7,20-21H,8H2. The highest BCUT2D eigenvalue weighted by Gasteiger charge is 2.11. The molecule has 1 aromatic carbocycles. The average molecular weight is 319 g/mol. The summed E-state index contributed by atoms with van der Waals surface area (Å²) in [5.41, 5.74) is -0.770. The van der Waals surface area contributed by atoms with Gasteiger partial charge in [-0.25, -0.2) is 0 Å². The van der Waals surface area contributed by atoms with Crippen LogP contribution in [0.25, 0.3) is 5.52 Å². The number of phenolic OH excluding ortho intramolecular Hbond substituents is 1. The lowest BCUT2D eigenvalue weighted by atomic mass is 10.2. The molecule has 0 unspecified atom stereocenters. The summed E-state index contributed by atoms with van der Waals surface area (Å²) < 4.78 is 2.66. The third-order valence-electron chi connectivity index (χ3n) is 3.36. The predicted octanol–water partition coefficient (Wildman–Crippen LogP) is 1.57. The van der Waals surface area contributed by atoms with E-state index in [2.05, 4.69) is 0 Å². The molecule has 6 nitrogen and oxygen atoms in total. The fraction of sp³-hybridized carbons (Fsp3) is 0.0667. The molecule has 0 fully saturated rings. The van der Waals surface area contributed by atoms with Crippen LogP contribution in [0, 0.1) is 0 Å². The molecule has 0 radical (unpaired) electrons. The largest absolute Gasteiger partial charge is 0.508 e. The molecule has 0 saturated heterocycles. The number of phenols is 1. The lowest BCUT2D eigenvalue weighted by molar-refractivity contribution is 0.464. The highest BCUT2D eigenvalue weighted by atomic mass is 35.5. The van der Waals surface area contributed by atoms with Gasteiger partial charge in [0.15, 0.2) is 11.3 Å². The molecule has 3 rings (SSSR count). The molecule has 2 N–H and O–H groups in total. The van der Waals surface area contributed by atoms with E-state index in [1.807, 2.05) is 0 Å². The van der Waals surface area contributed by atoms with E-state index in [4.69, 9.17) is 11.6 Å². The predicted molar refractivity (Wildman–Crippen MR) is 81.8 cm³/mol. The molecule has 2 aromatic heterocycles. The number of fused-ring (bicyclic) bond motifs is 1. The van der Waals surface area contributed by atoms with Crippen molar-refractivity contribution in [2.75, 3.05) is 0 Å². The van der Waals surface area contributed by atoms with Gasteiger partial charge in [-0.15, -0.1) is 0 Å².